The Balaban J connectivity index is -0.0000000150. The van der Waals surface area contributed by atoms with Gasteiger partial charge in [0, 0.05) is 0 Å². The molecule has 0 saturated heterocycles. The molecule has 3 heteroatoms. The number of hydrogen-bond acceptors (Lipinski definition) is 0. The van der Waals surface area contributed by atoms with Crippen molar-refractivity contribution in [2.45, 2.75) is 13.8 Å². The third kappa shape index (κ3) is 54.2. The normalized spacial score (nSPS) is 5.43. The van der Waals surface area contributed by atoms with Crippen molar-refractivity contribution in [2.24, 2.45) is 0 Å². The molecule has 0 saturated carbocycles. The Morgan fingerprint density at radius 2 is 0.857 bits per heavy atom. The maximum atomic E-state index is 2.00. The Hall–Kier alpha value is 0.610. The second-order valence-electron chi connectivity index (χ2n) is 0.667. The maximum absolute atomic E-state index is 2.00. The predicted octanol–water partition coefficient (Wildman–Crippen LogP) is 2.85. The lowest BCUT2D eigenvalue weighted by molar-refractivity contribution is 1.64. The van der Waals surface area contributed by atoms with Gasteiger partial charge in [-0.2, -0.15) is 0 Å². The number of rotatable bonds is 0. The Bertz CT molecular complexity index is 22.1. The van der Waals surface area contributed by atoms with Gasteiger partial charge in [-0.3, -0.25) is 0 Å². The van der Waals surface area contributed by atoms with Crippen LogP contribution >= 0.6 is 37.2 Å². The first kappa shape index (κ1) is 25.5. The van der Waals surface area contributed by atoms with E-state index < -0.39 is 0 Å². The van der Waals surface area contributed by atoms with Crippen molar-refractivity contribution in [3.8, 4) is 0 Å². The van der Waals surface area contributed by atoms with Crippen LogP contribution in [0.3, 0.4) is 0 Å². The van der Waals surface area contributed by atoms with Gasteiger partial charge in [0.05, 0.1) is 0 Å². The zero-order valence-electron chi connectivity index (χ0n) is 4.38. The minimum Gasteiger partial charge on any atom is -0.147 e. The van der Waals surface area contributed by atoms with Crippen LogP contribution in [0.2, 0.25) is 0 Å². The minimum absolute atomic E-state index is 0. The lowest BCUT2D eigenvalue weighted by Crippen LogP contribution is -1.26. The molecule has 0 aromatic heterocycles. The summed E-state index contributed by atoms with van der Waals surface area (Å²) in [5.41, 5.74) is 0. The van der Waals surface area contributed by atoms with Gasteiger partial charge in [-0.15, -0.1) is 37.2 Å². The monoisotopic (exact) mass is 164 g/mol. The summed E-state index contributed by atoms with van der Waals surface area (Å²) in [5, 5.41) is 0. The van der Waals surface area contributed by atoms with Gasteiger partial charge in [0.2, 0.25) is 0 Å². The van der Waals surface area contributed by atoms with E-state index in [9.17, 15) is 0 Å². The second kappa shape index (κ2) is 30.5. The molecule has 48 valence electrons. The van der Waals surface area contributed by atoms with Crippen LogP contribution in [0, 0.1) is 0 Å². The van der Waals surface area contributed by atoms with Crippen molar-refractivity contribution < 1.29 is 0 Å². The molecule has 0 radical (unpaired) electrons. The first-order valence-electron chi connectivity index (χ1n) is 1.49. The largest absolute Gasteiger partial charge is 0.147 e. The van der Waals surface area contributed by atoms with Gasteiger partial charge >= 0.3 is 0 Å². The molecule has 0 heterocycles. The predicted molar refractivity (Wildman–Crippen MR) is 42.2 cm³/mol. The molecular formula is C4H11Cl3. The summed E-state index contributed by atoms with van der Waals surface area (Å²) in [4.78, 5) is 0. The first-order chi connectivity index (χ1) is 1.91. The van der Waals surface area contributed by atoms with Gasteiger partial charge in [-0.05, 0) is 13.8 Å². The summed E-state index contributed by atoms with van der Waals surface area (Å²) in [5.74, 6) is 0. The topological polar surface area (TPSA) is 0 Å². The highest BCUT2D eigenvalue weighted by Gasteiger charge is 1.34. The molecule has 0 aliphatic carbocycles. The van der Waals surface area contributed by atoms with Crippen LogP contribution in [0.25, 0.3) is 0 Å². The van der Waals surface area contributed by atoms with Gasteiger partial charge < -0.3 is 0 Å². The van der Waals surface area contributed by atoms with Crippen molar-refractivity contribution in [1.29, 1.82) is 0 Å². The van der Waals surface area contributed by atoms with E-state index in [-0.39, 0.29) is 37.2 Å². The lowest BCUT2D eigenvalue weighted by Gasteiger charge is -1.49. The van der Waals surface area contributed by atoms with Crippen molar-refractivity contribution >= 4 is 37.2 Å². The maximum Gasteiger partial charge on any atom is -0.0470 e. The smallest absolute Gasteiger partial charge is 0.0470 e. The Kier molecular flexibility index (Phi) is 111. The van der Waals surface area contributed by atoms with Crippen LogP contribution in [-0.4, -0.2) is 0 Å². The molecule has 0 rings (SSSR count). The molecule has 0 fully saturated rings. The average Bonchev–Trinajstić information content (AvgIpc) is 1.37. The van der Waals surface area contributed by atoms with E-state index in [1.807, 2.05) is 26.0 Å². The average molecular weight is 165 g/mol. The van der Waals surface area contributed by atoms with Crippen molar-refractivity contribution in [3.63, 3.8) is 0 Å². The number of allylic oxidation sites excluding steroid dienone is 2. The Morgan fingerprint density at radius 1 is 0.714 bits per heavy atom. The summed E-state index contributed by atoms with van der Waals surface area (Å²) in [6, 6.07) is 0. The van der Waals surface area contributed by atoms with E-state index in [0.29, 0.717) is 0 Å². The molecule has 0 aliphatic heterocycles. The number of hydrogen-bond donors (Lipinski definition) is 0. The van der Waals surface area contributed by atoms with E-state index >= 15 is 0 Å². The van der Waals surface area contributed by atoms with Crippen LogP contribution in [0.5, 0.6) is 0 Å². The standard InChI is InChI=1S/C4H8.3ClH/c1-3-4-2;;;/h3-4H,1-2H3;3*1H. The third-order valence-electron chi connectivity index (χ3n) is 0.333. The lowest BCUT2D eigenvalue weighted by atomic mass is 10.6. The van der Waals surface area contributed by atoms with Crippen molar-refractivity contribution in [2.75, 3.05) is 0 Å². The summed E-state index contributed by atoms with van der Waals surface area (Å²) < 4.78 is 0. The molecule has 7 heavy (non-hydrogen) atoms. The molecule has 0 spiro atoms. The summed E-state index contributed by atoms with van der Waals surface area (Å²) >= 11 is 0. The van der Waals surface area contributed by atoms with Crippen LogP contribution in [0.1, 0.15) is 13.8 Å². The third-order valence-corrected chi connectivity index (χ3v) is 0.333. The Labute approximate surface area is 63.6 Å². The summed E-state index contributed by atoms with van der Waals surface area (Å²) in [6.45, 7) is 4.00. The zero-order valence-corrected chi connectivity index (χ0v) is 6.83. The van der Waals surface area contributed by atoms with Crippen LogP contribution < -0.4 is 0 Å². The summed E-state index contributed by atoms with van der Waals surface area (Å²) in [6.07, 6.45) is 4.00. The fraction of sp³-hybridized carbons (Fsp3) is 0.500. The fourth-order valence-electron chi connectivity index (χ4n) is 0. The molecule has 0 amide bonds. The van der Waals surface area contributed by atoms with E-state index in [0.717, 1.165) is 0 Å². The van der Waals surface area contributed by atoms with Gasteiger partial charge in [0.25, 0.3) is 0 Å². The van der Waals surface area contributed by atoms with E-state index in [4.69, 9.17) is 0 Å². The highest BCUT2D eigenvalue weighted by molar-refractivity contribution is 5.86. The molecule has 0 bridgehead atoms. The van der Waals surface area contributed by atoms with Gasteiger partial charge in [-0.1, -0.05) is 12.2 Å². The minimum atomic E-state index is 0. The van der Waals surface area contributed by atoms with Gasteiger partial charge in [0.15, 0.2) is 0 Å². The molecule has 0 aliphatic rings. The van der Waals surface area contributed by atoms with Gasteiger partial charge in [-0.25, -0.2) is 0 Å². The molecular weight excluding hydrogens is 154 g/mol. The molecule has 0 unspecified atom stereocenters. The van der Waals surface area contributed by atoms with Crippen LogP contribution in [0.4, 0.5) is 0 Å². The fourth-order valence-corrected chi connectivity index (χ4v) is 0. The SMILES string of the molecule is CC=CC.Cl.Cl.Cl. The van der Waals surface area contributed by atoms with E-state index in [2.05, 4.69) is 0 Å². The van der Waals surface area contributed by atoms with E-state index in [1.54, 1.807) is 0 Å². The van der Waals surface area contributed by atoms with Gasteiger partial charge in [0.1, 0.15) is 0 Å². The molecule has 0 atom stereocenters. The first-order valence-corrected chi connectivity index (χ1v) is 1.49. The van der Waals surface area contributed by atoms with Crippen LogP contribution in [0.15, 0.2) is 12.2 Å². The summed E-state index contributed by atoms with van der Waals surface area (Å²) in [7, 11) is 0. The van der Waals surface area contributed by atoms with E-state index in [1.165, 1.54) is 0 Å². The molecule has 0 aromatic carbocycles. The highest BCUT2D eigenvalue weighted by atomic mass is 35.5. The highest BCUT2D eigenvalue weighted by Crippen LogP contribution is 1.57. The quantitative estimate of drug-likeness (QED) is 0.484. The van der Waals surface area contributed by atoms with Crippen molar-refractivity contribution in [1.82, 2.24) is 0 Å². The zero-order chi connectivity index (χ0) is 3.41. The molecule has 0 N–H and O–H groups in total. The molecule has 0 aromatic rings. The number of halogens is 3. The molecule has 0 nitrogen and oxygen atoms in total. The Morgan fingerprint density at radius 3 is 0.857 bits per heavy atom. The second-order valence-corrected chi connectivity index (χ2v) is 0.667. The van der Waals surface area contributed by atoms with Crippen molar-refractivity contribution in [3.05, 3.63) is 12.2 Å². The van der Waals surface area contributed by atoms with Crippen LogP contribution in [-0.2, 0) is 0 Å².